The van der Waals surface area contributed by atoms with Crippen molar-refractivity contribution in [1.29, 1.82) is 0 Å². The number of fused-ring (bicyclic) bond motifs is 1. The SMILES string of the molecule is CC(=O)NCc1ccc(C(=O)OCc2cc(Cl)c3c(c2)OCCO3)cc1. The number of carbonyl (C=O) groups excluding carboxylic acids is 2. The van der Waals surface area contributed by atoms with Crippen LogP contribution in [0.5, 0.6) is 11.5 Å². The van der Waals surface area contributed by atoms with Crippen molar-refractivity contribution >= 4 is 23.5 Å². The maximum Gasteiger partial charge on any atom is 0.338 e. The molecule has 1 N–H and O–H groups in total. The first-order valence-electron chi connectivity index (χ1n) is 8.11. The summed E-state index contributed by atoms with van der Waals surface area (Å²) >= 11 is 6.17. The average molecular weight is 376 g/mol. The molecule has 7 heteroatoms. The van der Waals surface area contributed by atoms with Gasteiger partial charge in [-0.05, 0) is 35.4 Å². The highest BCUT2D eigenvalue weighted by atomic mass is 35.5. The Morgan fingerprint density at radius 3 is 2.58 bits per heavy atom. The molecule has 0 aromatic heterocycles. The second-order valence-corrected chi connectivity index (χ2v) is 6.19. The molecule has 0 spiro atoms. The molecule has 1 aliphatic rings. The van der Waals surface area contributed by atoms with E-state index in [1.165, 1.54) is 6.92 Å². The second-order valence-electron chi connectivity index (χ2n) is 5.78. The minimum Gasteiger partial charge on any atom is -0.486 e. The minimum absolute atomic E-state index is 0.0723. The van der Waals surface area contributed by atoms with Gasteiger partial charge in [-0.25, -0.2) is 4.79 Å². The molecule has 26 heavy (non-hydrogen) atoms. The number of halogens is 1. The van der Waals surface area contributed by atoms with Crippen LogP contribution in [-0.2, 0) is 22.7 Å². The summed E-state index contributed by atoms with van der Waals surface area (Å²) < 4.78 is 16.3. The molecule has 0 unspecified atom stereocenters. The molecule has 2 aromatic rings. The first kappa shape index (κ1) is 18.1. The van der Waals surface area contributed by atoms with E-state index in [1.54, 1.807) is 36.4 Å². The van der Waals surface area contributed by atoms with Crippen LogP contribution >= 0.6 is 11.6 Å². The van der Waals surface area contributed by atoms with Crippen LogP contribution in [-0.4, -0.2) is 25.1 Å². The van der Waals surface area contributed by atoms with Crippen LogP contribution in [0.15, 0.2) is 36.4 Å². The molecule has 6 nitrogen and oxygen atoms in total. The number of ether oxygens (including phenoxy) is 3. The molecule has 0 fully saturated rings. The Kier molecular flexibility index (Phi) is 5.63. The fourth-order valence-corrected chi connectivity index (χ4v) is 2.75. The van der Waals surface area contributed by atoms with Gasteiger partial charge in [-0.15, -0.1) is 0 Å². The zero-order valence-electron chi connectivity index (χ0n) is 14.2. The Balaban J connectivity index is 1.60. The summed E-state index contributed by atoms with van der Waals surface area (Å²) in [6.45, 7) is 2.86. The summed E-state index contributed by atoms with van der Waals surface area (Å²) in [4.78, 5) is 23.1. The van der Waals surface area contributed by atoms with Crippen LogP contribution in [0.4, 0.5) is 0 Å². The van der Waals surface area contributed by atoms with Crippen LogP contribution in [0.25, 0.3) is 0 Å². The van der Waals surface area contributed by atoms with E-state index in [0.29, 0.717) is 41.8 Å². The predicted octanol–water partition coefficient (Wildman–Crippen LogP) is 3.10. The van der Waals surface area contributed by atoms with Gasteiger partial charge in [-0.3, -0.25) is 4.79 Å². The van der Waals surface area contributed by atoms with Gasteiger partial charge in [0, 0.05) is 13.5 Å². The predicted molar refractivity (Wildman–Crippen MR) is 95.5 cm³/mol. The highest BCUT2D eigenvalue weighted by Crippen LogP contribution is 2.38. The van der Waals surface area contributed by atoms with Gasteiger partial charge in [0.2, 0.25) is 5.91 Å². The zero-order valence-corrected chi connectivity index (χ0v) is 15.0. The lowest BCUT2D eigenvalue weighted by atomic mass is 10.1. The molecule has 1 aliphatic heterocycles. The van der Waals surface area contributed by atoms with Crippen molar-refractivity contribution in [3.05, 3.63) is 58.1 Å². The minimum atomic E-state index is -0.443. The van der Waals surface area contributed by atoms with Gasteiger partial charge in [0.15, 0.2) is 11.5 Å². The molecule has 1 heterocycles. The number of rotatable bonds is 5. The Morgan fingerprint density at radius 1 is 1.12 bits per heavy atom. The highest BCUT2D eigenvalue weighted by Gasteiger charge is 2.17. The summed E-state index contributed by atoms with van der Waals surface area (Å²) in [6.07, 6.45) is 0. The summed E-state index contributed by atoms with van der Waals surface area (Å²) in [7, 11) is 0. The molecule has 136 valence electrons. The lowest BCUT2D eigenvalue weighted by Gasteiger charge is -2.20. The average Bonchev–Trinajstić information content (AvgIpc) is 2.65. The number of benzene rings is 2. The van der Waals surface area contributed by atoms with Gasteiger partial charge in [-0.2, -0.15) is 0 Å². The normalized spacial score (nSPS) is 12.4. The third-order valence-corrected chi connectivity index (χ3v) is 4.04. The van der Waals surface area contributed by atoms with Gasteiger partial charge in [0.1, 0.15) is 19.8 Å². The summed E-state index contributed by atoms with van der Waals surface area (Å²) in [5.74, 6) is 0.522. The maximum absolute atomic E-state index is 12.2. The Hall–Kier alpha value is -2.73. The topological polar surface area (TPSA) is 73.9 Å². The molecule has 0 atom stereocenters. The van der Waals surface area contributed by atoms with Crippen molar-refractivity contribution in [2.24, 2.45) is 0 Å². The van der Waals surface area contributed by atoms with E-state index in [9.17, 15) is 9.59 Å². The molecule has 0 radical (unpaired) electrons. The zero-order chi connectivity index (χ0) is 18.5. The van der Waals surface area contributed by atoms with E-state index >= 15 is 0 Å². The lowest BCUT2D eigenvalue weighted by Crippen LogP contribution is -2.18. The molecule has 0 saturated heterocycles. The van der Waals surface area contributed by atoms with Crippen LogP contribution < -0.4 is 14.8 Å². The second kappa shape index (κ2) is 8.10. The van der Waals surface area contributed by atoms with E-state index < -0.39 is 5.97 Å². The van der Waals surface area contributed by atoms with Crippen molar-refractivity contribution in [3.63, 3.8) is 0 Å². The third kappa shape index (κ3) is 4.46. The monoisotopic (exact) mass is 375 g/mol. The Labute approximate surface area is 156 Å². The molecule has 0 aliphatic carbocycles. The molecule has 1 amide bonds. The van der Waals surface area contributed by atoms with Crippen molar-refractivity contribution < 1.29 is 23.8 Å². The van der Waals surface area contributed by atoms with Gasteiger partial charge < -0.3 is 19.5 Å². The largest absolute Gasteiger partial charge is 0.486 e. The summed E-state index contributed by atoms with van der Waals surface area (Å²) in [5.41, 5.74) is 2.05. The number of hydrogen-bond donors (Lipinski definition) is 1. The maximum atomic E-state index is 12.2. The van der Waals surface area contributed by atoms with Crippen molar-refractivity contribution in [2.45, 2.75) is 20.1 Å². The van der Waals surface area contributed by atoms with Crippen LogP contribution in [0.2, 0.25) is 5.02 Å². The van der Waals surface area contributed by atoms with E-state index in [1.807, 2.05) is 0 Å². The number of hydrogen-bond acceptors (Lipinski definition) is 5. The lowest BCUT2D eigenvalue weighted by molar-refractivity contribution is -0.119. The third-order valence-electron chi connectivity index (χ3n) is 3.76. The Morgan fingerprint density at radius 2 is 1.85 bits per heavy atom. The number of carbonyl (C=O) groups is 2. The molecule has 2 aromatic carbocycles. The van der Waals surface area contributed by atoms with Crippen molar-refractivity contribution in [1.82, 2.24) is 5.32 Å². The number of amides is 1. The van der Waals surface area contributed by atoms with E-state index in [-0.39, 0.29) is 12.5 Å². The van der Waals surface area contributed by atoms with E-state index in [4.69, 9.17) is 25.8 Å². The van der Waals surface area contributed by atoms with E-state index in [0.717, 1.165) is 11.1 Å². The van der Waals surface area contributed by atoms with Gasteiger partial charge in [0.25, 0.3) is 0 Å². The molecule has 3 rings (SSSR count). The fraction of sp³-hybridized carbons (Fsp3) is 0.263. The Bertz CT molecular complexity index is 819. The number of nitrogens with one attached hydrogen (secondary N) is 1. The molecular weight excluding hydrogens is 358 g/mol. The van der Waals surface area contributed by atoms with Gasteiger partial charge >= 0.3 is 5.97 Å². The number of esters is 1. The van der Waals surface area contributed by atoms with Gasteiger partial charge in [0.05, 0.1) is 10.6 Å². The van der Waals surface area contributed by atoms with Crippen molar-refractivity contribution in [2.75, 3.05) is 13.2 Å². The summed E-state index contributed by atoms with van der Waals surface area (Å²) in [5, 5.41) is 3.12. The molecule has 0 bridgehead atoms. The molecular formula is C19H18ClNO5. The van der Waals surface area contributed by atoms with E-state index in [2.05, 4.69) is 5.32 Å². The van der Waals surface area contributed by atoms with Crippen molar-refractivity contribution in [3.8, 4) is 11.5 Å². The quantitative estimate of drug-likeness (QED) is 0.813. The van der Waals surface area contributed by atoms with Gasteiger partial charge in [-0.1, -0.05) is 23.7 Å². The standard InChI is InChI=1S/C19H18ClNO5/c1-12(22)21-10-13-2-4-15(5-3-13)19(23)26-11-14-8-16(20)18-17(9-14)24-6-7-25-18/h2-5,8-9H,6-7,10-11H2,1H3,(H,21,22). The first-order chi connectivity index (χ1) is 12.5. The highest BCUT2D eigenvalue weighted by molar-refractivity contribution is 6.32. The smallest absolute Gasteiger partial charge is 0.338 e. The summed E-state index contributed by atoms with van der Waals surface area (Å²) in [6, 6.07) is 10.3. The van der Waals surface area contributed by atoms with Crippen LogP contribution in [0.1, 0.15) is 28.4 Å². The van der Waals surface area contributed by atoms with Crippen LogP contribution in [0.3, 0.4) is 0 Å². The first-order valence-corrected chi connectivity index (χ1v) is 8.49. The van der Waals surface area contributed by atoms with Crippen LogP contribution in [0, 0.1) is 0 Å². The molecule has 0 saturated carbocycles. The fourth-order valence-electron chi connectivity index (χ4n) is 2.47.